The second-order valence-corrected chi connectivity index (χ2v) is 8.62. The molecule has 0 saturated carbocycles. The molecule has 3 saturated heterocycles. The number of benzene rings is 1. The van der Waals surface area contributed by atoms with Crippen LogP contribution in [0.2, 0.25) is 0 Å². The van der Waals surface area contributed by atoms with Gasteiger partial charge in [-0.25, -0.2) is 0 Å². The highest BCUT2D eigenvalue weighted by Crippen LogP contribution is 2.38. The molecule has 1 spiro atoms. The standard InChI is InChI=1S/C23H28N4O2/c1-18-2-4-19(5-3-18)14-25-15-21(28)27-17-23(29-22(27)16-25)8-12-26(13-9-23)20-6-10-24-11-7-20/h2-7,10-11,22H,8-9,12-17H2,1H3. The summed E-state index contributed by atoms with van der Waals surface area (Å²) in [7, 11) is 0. The number of fused-ring (bicyclic) bond motifs is 1. The Morgan fingerprint density at radius 1 is 1.10 bits per heavy atom. The smallest absolute Gasteiger partial charge is 0.238 e. The van der Waals surface area contributed by atoms with Gasteiger partial charge in [-0.2, -0.15) is 0 Å². The molecule has 4 heterocycles. The number of hydrogen-bond acceptors (Lipinski definition) is 5. The molecule has 1 atom stereocenters. The molecule has 1 amide bonds. The van der Waals surface area contributed by atoms with Crippen molar-refractivity contribution in [3.05, 3.63) is 59.9 Å². The maximum atomic E-state index is 12.8. The second-order valence-electron chi connectivity index (χ2n) is 8.62. The van der Waals surface area contributed by atoms with Crippen molar-refractivity contribution in [3.63, 3.8) is 0 Å². The molecule has 29 heavy (non-hydrogen) atoms. The molecule has 3 fully saturated rings. The number of carbonyl (C=O) groups is 1. The Labute approximate surface area is 172 Å². The van der Waals surface area contributed by atoms with Gasteiger partial charge in [0, 0.05) is 44.3 Å². The van der Waals surface area contributed by atoms with Crippen LogP contribution in [0.5, 0.6) is 0 Å². The highest BCUT2D eigenvalue weighted by molar-refractivity contribution is 5.79. The SMILES string of the molecule is Cc1ccc(CN2CC(=O)N3CC4(CCN(c5ccncc5)CC4)OC3C2)cc1. The minimum absolute atomic E-state index is 0.117. The fourth-order valence-electron chi connectivity index (χ4n) is 4.83. The van der Waals surface area contributed by atoms with Crippen LogP contribution in [0.15, 0.2) is 48.8 Å². The first-order chi connectivity index (χ1) is 14.1. The van der Waals surface area contributed by atoms with Crippen LogP contribution in [0.3, 0.4) is 0 Å². The van der Waals surface area contributed by atoms with Crippen LogP contribution in [0.1, 0.15) is 24.0 Å². The zero-order valence-corrected chi connectivity index (χ0v) is 17.0. The number of carbonyl (C=O) groups excluding carboxylic acids is 1. The third-order valence-corrected chi connectivity index (χ3v) is 6.52. The first kappa shape index (κ1) is 18.6. The van der Waals surface area contributed by atoms with Crippen LogP contribution in [-0.2, 0) is 16.1 Å². The molecule has 0 N–H and O–H groups in total. The van der Waals surface area contributed by atoms with E-state index in [0.717, 1.165) is 45.6 Å². The second kappa shape index (κ2) is 7.43. The molecule has 6 heteroatoms. The van der Waals surface area contributed by atoms with Crippen molar-refractivity contribution in [2.45, 2.75) is 38.1 Å². The fraction of sp³-hybridized carbons (Fsp3) is 0.478. The molecule has 0 aliphatic carbocycles. The van der Waals surface area contributed by atoms with Crippen molar-refractivity contribution < 1.29 is 9.53 Å². The van der Waals surface area contributed by atoms with Crippen LogP contribution in [0.4, 0.5) is 5.69 Å². The predicted octanol–water partition coefficient (Wildman–Crippen LogP) is 2.43. The number of aryl methyl sites for hydroxylation is 1. The summed E-state index contributed by atoms with van der Waals surface area (Å²) in [5, 5.41) is 0. The number of anilines is 1. The summed E-state index contributed by atoms with van der Waals surface area (Å²) in [4.78, 5) is 23.5. The van der Waals surface area contributed by atoms with Gasteiger partial charge in [0.15, 0.2) is 0 Å². The minimum atomic E-state index is -0.191. The largest absolute Gasteiger partial charge is 0.371 e. The lowest BCUT2D eigenvalue weighted by atomic mass is 9.91. The quantitative estimate of drug-likeness (QED) is 0.803. The van der Waals surface area contributed by atoms with Crippen molar-refractivity contribution in [2.75, 3.05) is 37.6 Å². The minimum Gasteiger partial charge on any atom is -0.371 e. The Bertz CT molecular complexity index is 862. The third-order valence-electron chi connectivity index (χ3n) is 6.52. The number of aromatic nitrogens is 1. The average Bonchev–Trinajstić information content (AvgIpc) is 3.09. The highest BCUT2D eigenvalue weighted by atomic mass is 16.5. The molecule has 2 aromatic rings. The summed E-state index contributed by atoms with van der Waals surface area (Å²) < 4.78 is 6.56. The zero-order valence-electron chi connectivity index (χ0n) is 17.0. The number of amides is 1. The molecular formula is C23H28N4O2. The molecule has 0 radical (unpaired) electrons. The lowest BCUT2D eigenvalue weighted by molar-refractivity contribution is -0.149. The Morgan fingerprint density at radius 3 is 2.55 bits per heavy atom. The molecule has 6 nitrogen and oxygen atoms in total. The maximum absolute atomic E-state index is 12.8. The van der Waals surface area contributed by atoms with E-state index in [0.29, 0.717) is 6.54 Å². The van der Waals surface area contributed by atoms with Gasteiger partial charge in [-0.3, -0.25) is 14.7 Å². The molecule has 152 valence electrons. The van der Waals surface area contributed by atoms with E-state index in [4.69, 9.17) is 4.74 Å². The summed E-state index contributed by atoms with van der Waals surface area (Å²) >= 11 is 0. The first-order valence-electron chi connectivity index (χ1n) is 10.5. The van der Waals surface area contributed by atoms with Gasteiger partial charge < -0.3 is 14.5 Å². The molecule has 0 bridgehead atoms. The normalized spacial score (nSPS) is 24.2. The molecule has 3 aliphatic rings. The van der Waals surface area contributed by atoms with Crippen LogP contribution >= 0.6 is 0 Å². The van der Waals surface area contributed by atoms with Crippen LogP contribution in [0.25, 0.3) is 0 Å². The lowest BCUT2D eigenvalue weighted by Crippen LogP contribution is -2.53. The Morgan fingerprint density at radius 2 is 1.83 bits per heavy atom. The number of pyridine rings is 1. The number of piperidine rings is 1. The van der Waals surface area contributed by atoms with Crippen molar-refractivity contribution in [3.8, 4) is 0 Å². The summed E-state index contributed by atoms with van der Waals surface area (Å²) in [6.45, 7) is 6.79. The van der Waals surface area contributed by atoms with Gasteiger partial charge in [0.05, 0.1) is 18.7 Å². The Hall–Kier alpha value is -2.44. The molecule has 1 aromatic carbocycles. The van der Waals surface area contributed by atoms with Crippen LogP contribution in [0, 0.1) is 6.92 Å². The van der Waals surface area contributed by atoms with E-state index in [9.17, 15) is 4.79 Å². The number of piperazine rings is 1. The number of nitrogens with zero attached hydrogens (tertiary/aromatic N) is 4. The monoisotopic (exact) mass is 392 g/mol. The molecule has 5 rings (SSSR count). The molecule has 1 aromatic heterocycles. The molecule has 3 aliphatic heterocycles. The van der Waals surface area contributed by atoms with Gasteiger partial charge in [-0.15, -0.1) is 0 Å². The van der Waals surface area contributed by atoms with Crippen molar-refractivity contribution in [1.82, 2.24) is 14.8 Å². The number of ether oxygens (including phenoxy) is 1. The van der Waals surface area contributed by atoms with Gasteiger partial charge >= 0.3 is 0 Å². The predicted molar refractivity (Wildman–Crippen MR) is 111 cm³/mol. The Balaban J connectivity index is 1.22. The number of hydrogen-bond donors (Lipinski definition) is 0. The van der Waals surface area contributed by atoms with Crippen LogP contribution < -0.4 is 4.90 Å². The third kappa shape index (κ3) is 3.74. The molecule has 1 unspecified atom stereocenters. The zero-order chi connectivity index (χ0) is 19.8. The van der Waals surface area contributed by atoms with Gasteiger partial charge in [0.25, 0.3) is 0 Å². The van der Waals surface area contributed by atoms with E-state index in [1.165, 1.54) is 16.8 Å². The Kier molecular flexibility index (Phi) is 4.76. The van der Waals surface area contributed by atoms with Gasteiger partial charge in [0.2, 0.25) is 5.91 Å². The first-order valence-corrected chi connectivity index (χ1v) is 10.5. The topological polar surface area (TPSA) is 48.9 Å². The van der Waals surface area contributed by atoms with Crippen molar-refractivity contribution in [1.29, 1.82) is 0 Å². The highest BCUT2D eigenvalue weighted by Gasteiger charge is 2.50. The van der Waals surface area contributed by atoms with Gasteiger partial charge in [0.1, 0.15) is 6.23 Å². The van der Waals surface area contributed by atoms with Crippen molar-refractivity contribution in [2.24, 2.45) is 0 Å². The van der Waals surface area contributed by atoms with E-state index in [2.05, 4.69) is 58.1 Å². The van der Waals surface area contributed by atoms with Gasteiger partial charge in [-0.05, 0) is 37.5 Å². The van der Waals surface area contributed by atoms with E-state index in [-0.39, 0.29) is 17.7 Å². The average molecular weight is 393 g/mol. The summed E-state index contributed by atoms with van der Waals surface area (Å²) in [5.41, 5.74) is 3.53. The summed E-state index contributed by atoms with van der Waals surface area (Å²) in [6.07, 6.45) is 5.47. The summed E-state index contributed by atoms with van der Waals surface area (Å²) in [6, 6.07) is 12.7. The number of rotatable bonds is 3. The van der Waals surface area contributed by atoms with E-state index in [1.807, 2.05) is 17.3 Å². The summed E-state index contributed by atoms with van der Waals surface area (Å²) in [5.74, 6) is 0.196. The van der Waals surface area contributed by atoms with Crippen molar-refractivity contribution >= 4 is 11.6 Å². The van der Waals surface area contributed by atoms with Crippen LogP contribution in [-0.4, -0.2) is 65.2 Å². The lowest BCUT2D eigenvalue weighted by Gasteiger charge is -2.39. The van der Waals surface area contributed by atoms with Gasteiger partial charge in [-0.1, -0.05) is 29.8 Å². The maximum Gasteiger partial charge on any atom is 0.238 e. The van der Waals surface area contributed by atoms with E-state index in [1.54, 1.807) is 0 Å². The van der Waals surface area contributed by atoms with E-state index < -0.39 is 0 Å². The molecular weight excluding hydrogens is 364 g/mol. The fourth-order valence-corrected chi connectivity index (χ4v) is 4.83. The van der Waals surface area contributed by atoms with E-state index >= 15 is 0 Å².